The summed E-state index contributed by atoms with van der Waals surface area (Å²) >= 11 is 0. The van der Waals surface area contributed by atoms with Crippen molar-refractivity contribution in [2.75, 3.05) is 24.3 Å². The van der Waals surface area contributed by atoms with Gasteiger partial charge in [0.15, 0.2) is 0 Å². The van der Waals surface area contributed by atoms with Gasteiger partial charge in [0.25, 0.3) is 5.91 Å². The van der Waals surface area contributed by atoms with Crippen molar-refractivity contribution in [3.8, 4) is 5.75 Å². The summed E-state index contributed by atoms with van der Waals surface area (Å²) in [5, 5.41) is 2.87. The number of nitrogen functional groups attached to an aromatic ring is 1. The van der Waals surface area contributed by atoms with E-state index in [0.717, 1.165) is 5.56 Å². The molecule has 0 radical (unpaired) electrons. The lowest BCUT2D eigenvalue weighted by Gasteiger charge is -2.13. The summed E-state index contributed by atoms with van der Waals surface area (Å²) in [4.78, 5) is 23.9. The molecule has 0 fully saturated rings. The number of anilines is 2. The Kier molecular flexibility index (Phi) is 7.02. The standard InChI is InChI=1S/C20H24N2O4/c1-3-25-19(23)9-6-12-26-18-8-5-4-7-16(18)20(24)22-17-11-10-15(21)13-14(17)2/h4-5,7-8,10-11,13H,3,6,9,12,21H2,1-2H3,(H,22,24). The first-order valence-electron chi connectivity index (χ1n) is 8.56. The van der Waals surface area contributed by atoms with Gasteiger partial charge >= 0.3 is 5.97 Å². The molecular formula is C20H24N2O4. The van der Waals surface area contributed by atoms with Crippen molar-refractivity contribution in [3.63, 3.8) is 0 Å². The van der Waals surface area contributed by atoms with Crippen LogP contribution < -0.4 is 15.8 Å². The molecule has 26 heavy (non-hydrogen) atoms. The number of carbonyl (C=O) groups is 2. The Hall–Kier alpha value is -3.02. The van der Waals surface area contributed by atoms with Gasteiger partial charge in [-0.05, 0) is 56.2 Å². The van der Waals surface area contributed by atoms with Crippen LogP contribution in [0.15, 0.2) is 42.5 Å². The van der Waals surface area contributed by atoms with E-state index in [4.69, 9.17) is 15.2 Å². The Morgan fingerprint density at radius 3 is 2.65 bits per heavy atom. The molecule has 2 rings (SSSR count). The maximum Gasteiger partial charge on any atom is 0.305 e. The van der Waals surface area contributed by atoms with E-state index in [1.807, 2.05) is 6.92 Å². The Bertz CT molecular complexity index is 774. The topological polar surface area (TPSA) is 90.6 Å². The van der Waals surface area contributed by atoms with Crippen LogP contribution in [0.2, 0.25) is 0 Å². The van der Waals surface area contributed by atoms with Gasteiger partial charge in [0, 0.05) is 17.8 Å². The number of nitrogens with two attached hydrogens (primary N) is 1. The van der Waals surface area contributed by atoms with Crippen molar-refractivity contribution >= 4 is 23.3 Å². The highest BCUT2D eigenvalue weighted by molar-refractivity contribution is 6.06. The lowest BCUT2D eigenvalue weighted by Crippen LogP contribution is -2.15. The number of hydrogen-bond donors (Lipinski definition) is 2. The fraction of sp³-hybridized carbons (Fsp3) is 0.300. The molecule has 0 bridgehead atoms. The van der Waals surface area contributed by atoms with E-state index < -0.39 is 0 Å². The number of ether oxygens (including phenoxy) is 2. The summed E-state index contributed by atoms with van der Waals surface area (Å²) in [6.07, 6.45) is 0.804. The van der Waals surface area contributed by atoms with E-state index in [-0.39, 0.29) is 18.3 Å². The summed E-state index contributed by atoms with van der Waals surface area (Å²) < 4.78 is 10.6. The minimum absolute atomic E-state index is 0.249. The lowest BCUT2D eigenvalue weighted by atomic mass is 10.1. The number of hydrogen-bond acceptors (Lipinski definition) is 5. The summed E-state index contributed by atoms with van der Waals surface area (Å²) in [5.74, 6) is -0.0400. The van der Waals surface area contributed by atoms with Crippen molar-refractivity contribution in [2.24, 2.45) is 0 Å². The van der Waals surface area contributed by atoms with Crippen molar-refractivity contribution in [2.45, 2.75) is 26.7 Å². The smallest absolute Gasteiger partial charge is 0.305 e. The minimum Gasteiger partial charge on any atom is -0.493 e. The van der Waals surface area contributed by atoms with Gasteiger partial charge in [-0.2, -0.15) is 0 Å². The molecule has 0 aromatic heterocycles. The molecule has 3 N–H and O–H groups in total. The van der Waals surface area contributed by atoms with Crippen LogP contribution in [0.3, 0.4) is 0 Å². The second-order valence-corrected chi connectivity index (χ2v) is 5.78. The van der Waals surface area contributed by atoms with E-state index >= 15 is 0 Å². The lowest BCUT2D eigenvalue weighted by molar-refractivity contribution is -0.143. The van der Waals surface area contributed by atoms with Crippen LogP contribution in [0.1, 0.15) is 35.7 Å². The van der Waals surface area contributed by atoms with E-state index in [1.165, 1.54) is 0 Å². The summed E-state index contributed by atoms with van der Waals surface area (Å²) in [7, 11) is 0. The molecule has 138 valence electrons. The first-order chi connectivity index (χ1) is 12.5. The molecule has 2 aromatic rings. The monoisotopic (exact) mass is 356 g/mol. The number of rotatable bonds is 8. The molecule has 0 saturated heterocycles. The van der Waals surface area contributed by atoms with E-state index in [2.05, 4.69) is 5.32 Å². The maximum absolute atomic E-state index is 12.6. The van der Waals surface area contributed by atoms with Gasteiger partial charge in [-0.1, -0.05) is 12.1 Å². The molecule has 0 aliphatic heterocycles. The number of amides is 1. The van der Waals surface area contributed by atoms with Gasteiger partial charge in [-0.25, -0.2) is 0 Å². The third-order valence-corrected chi connectivity index (χ3v) is 3.72. The van der Waals surface area contributed by atoms with Gasteiger partial charge < -0.3 is 20.5 Å². The first kappa shape index (κ1) is 19.3. The van der Waals surface area contributed by atoms with Gasteiger partial charge in [-0.15, -0.1) is 0 Å². The maximum atomic E-state index is 12.6. The highest BCUT2D eigenvalue weighted by Crippen LogP contribution is 2.22. The fourth-order valence-electron chi connectivity index (χ4n) is 2.43. The number of benzene rings is 2. The third-order valence-electron chi connectivity index (χ3n) is 3.72. The average Bonchev–Trinajstić information content (AvgIpc) is 2.61. The van der Waals surface area contributed by atoms with Crippen molar-refractivity contribution in [1.82, 2.24) is 0 Å². The molecule has 2 aromatic carbocycles. The van der Waals surface area contributed by atoms with E-state index in [9.17, 15) is 9.59 Å². The molecule has 0 heterocycles. The molecular weight excluding hydrogens is 332 g/mol. The highest BCUT2D eigenvalue weighted by atomic mass is 16.5. The SMILES string of the molecule is CCOC(=O)CCCOc1ccccc1C(=O)Nc1ccc(N)cc1C. The summed E-state index contributed by atoms with van der Waals surface area (Å²) in [5.41, 5.74) is 8.39. The molecule has 6 heteroatoms. The molecule has 0 aliphatic rings. The second kappa shape index (κ2) is 9.46. The number of para-hydroxylation sites is 1. The normalized spacial score (nSPS) is 10.2. The van der Waals surface area contributed by atoms with Crippen LogP contribution in [0.4, 0.5) is 11.4 Å². The second-order valence-electron chi connectivity index (χ2n) is 5.78. The summed E-state index contributed by atoms with van der Waals surface area (Å²) in [6, 6.07) is 12.3. The zero-order valence-corrected chi connectivity index (χ0v) is 15.1. The van der Waals surface area contributed by atoms with Crippen molar-refractivity contribution in [3.05, 3.63) is 53.6 Å². The van der Waals surface area contributed by atoms with Gasteiger partial charge in [0.1, 0.15) is 5.75 Å². The number of carbonyl (C=O) groups excluding carboxylic acids is 2. The minimum atomic E-state index is -0.265. The Balaban J connectivity index is 1.99. The predicted octanol–water partition coefficient (Wildman–Crippen LogP) is 3.55. The number of nitrogens with one attached hydrogen (secondary N) is 1. The van der Waals surface area contributed by atoms with Crippen molar-refractivity contribution < 1.29 is 19.1 Å². The highest BCUT2D eigenvalue weighted by Gasteiger charge is 2.13. The van der Waals surface area contributed by atoms with E-state index in [0.29, 0.717) is 42.3 Å². The number of aryl methyl sites for hydroxylation is 1. The average molecular weight is 356 g/mol. The zero-order valence-electron chi connectivity index (χ0n) is 15.1. The molecule has 0 unspecified atom stereocenters. The predicted molar refractivity (Wildman–Crippen MR) is 101 cm³/mol. The first-order valence-corrected chi connectivity index (χ1v) is 8.56. The molecule has 6 nitrogen and oxygen atoms in total. The fourth-order valence-corrected chi connectivity index (χ4v) is 2.43. The Morgan fingerprint density at radius 2 is 1.92 bits per heavy atom. The van der Waals surface area contributed by atoms with Crippen LogP contribution in [0.25, 0.3) is 0 Å². The van der Waals surface area contributed by atoms with Crippen LogP contribution in [-0.2, 0) is 9.53 Å². The molecule has 1 amide bonds. The molecule has 0 atom stereocenters. The summed E-state index contributed by atoms with van der Waals surface area (Å²) in [6.45, 7) is 4.34. The van der Waals surface area contributed by atoms with Crippen LogP contribution in [0, 0.1) is 6.92 Å². The van der Waals surface area contributed by atoms with Crippen LogP contribution >= 0.6 is 0 Å². The quantitative estimate of drug-likeness (QED) is 0.429. The van der Waals surface area contributed by atoms with Crippen molar-refractivity contribution in [1.29, 1.82) is 0 Å². The zero-order chi connectivity index (χ0) is 18.9. The van der Waals surface area contributed by atoms with Gasteiger partial charge in [0.05, 0.1) is 18.8 Å². The van der Waals surface area contributed by atoms with Crippen LogP contribution in [0.5, 0.6) is 5.75 Å². The Morgan fingerprint density at radius 1 is 1.15 bits per heavy atom. The molecule has 0 saturated carbocycles. The molecule has 0 aliphatic carbocycles. The van der Waals surface area contributed by atoms with E-state index in [1.54, 1.807) is 49.4 Å². The molecule has 0 spiro atoms. The van der Waals surface area contributed by atoms with Gasteiger partial charge in [-0.3, -0.25) is 9.59 Å². The largest absolute Gasteiger partial charge is 0.493 e. The Labute approximate surface area is 153 Å². The van der Waals surface area contributed by atoms with Gasteiger partial charge in [0.2, 0.25) is 0 Å². The number of esters is 1. The third kappa shape index (κ3) is 5.51. The van der Waals surface area contributed by atoms with Crippen LogP contribution in [-0.4, -0.2) is 25.1 Å².